The molecule has 2 amide bonds. The summed E-state index contributed by atoms with van der Waals surface area (Å²) in [5.41, 5.74) is 7.30. The van der Waals surface area contributed by atoms with Crippen LogP contribution >= 0.6 is 0 Å². The van der Waals surface area contributed by atoms with Gasteiger partial charge in [-0.2, -0.15) is 0 Å². The van der Waals surface area contributed by atoms with Crippen molar-refractivity contribution in [2.45, 2.75) is 6.92 Å². The number of urea groups is 1. The van der Waals surface area contributed by atoms with Crippen LogP contribution in [0.3, 0.4) is 0 Å². The zero-order valence-electron chi connectivity index (χ0n) is 7.34. The van der Waals surface area contributed by atoms with E-state index >= 15 is 0 Å². The number of carbonyl (C=O) groups excluding carboxylic acids is 1. The smallest absolute Gasteiger partial charge is 0.326 e. The minimum atomic E-state index is -0.501. The van der Waals surface area contributed by atoms with Crippen LogP contribution in [0.2, 0.25) is 0 Å². The van der Waals surface area contributed by atoms with Crippen molar-refractivity contribution in [1.29, 1.82) is 0 Å². The van der Waals surface area contributed by atoms with E-state index in [0.717, 1.165) is 13.1 Å². The number of rotatable bonds is 1. The highest BCUT2D eigenvalue weighted by atomic mass is 16.2. The third kappa shape index (κ3) is 5.70. The maximum absolute atomic E-state index is 10.2. The van der Waals surface area contributed by atoms with Crippen LogP contribution in [0.5, 0.6) is 0 Å². The maximum Gasteiger partial charge on any atom is 0.326 e. The minimum absolute atomic E-state index is 0.501. The largest absolute Gasteiger partial charge is 0.351 e. The lowest BCUT2D eigenvalue weighted by Gasteiger charge is -2.12. The normalized spacial score (nSPS) is 16.1. The van der Waals surface area contributed by atoms with Crippen LogP contribution in [-0.2, 0) is 0 Å². The monoisotopic (exact) mass is 172 g/mol. The number of nitrogens with one attached hydrogen (secondary N) is 2. The standard InChI is InChI=1S/C4H10N4O.C3H6/c5-4(9)7-8-2-1-6-3-8;1-3-2/h6H,1-3H2,(H3,5,7,9);3H,1H2,2H3. The second-order valence-electron chi connectivity index (χ2n) is 2.31. The number of allylic oxidation sites excluding steroid dienone is 1. The summed E-state index contributed by atoms with van der Waals surface area (Å²) in [7, 11) is 0. The Hall–Kier alpha value is -1.07. The molecule has 0 radical (unpaired) electrons. The number of amides is 2. The summed E-state index contributed by atoms with van der Waals surface area (Å²) in [6.07, 6.45) is 1.75. The molecule has 70 valence electrons. The zero-order valence-corrected chi connectivity index (χ0v) is 7.34. The summed E-state index contributed by atoms with van der Waals surface area (Å²) in [5, 5.41) is 4.76. The van der Waals surface area contributed by atoms with Crippen molar-refractivity contribution in [3.05, 3.63) is 12.7 Å². The van der Waals surface area contributed by atoms with Gasteiger partial charge >= 0.3 is 6.03 Å². The Morgan fingerprint density at radius 2 is 2.42 bits per heavy atom. The Balaban J connectivity index is 0.000000354. The summed E-state index contributed by atoms with van der Waals surface area (Å²) in [4.78, 5) is 10.2. The van der Waals surface area contributed by atoms with E-state index in [1.54, 1.807) is 11.1 Å². The van der Waals surface area contributed by atoms with E-state index in [4.69, 9.17) is 5.73 Å². The summed E-state index contributed by atoms with van der Waals surface area (Å²) < 4.78 is 0. The highest BCUT2D eigenvalue weighted by Crippen LogP contribution is 1.84. The van der Waals surface area contributed by atoms with Crippen LogP contribution in [-0.4, -0.2) is 30.8 Å². The van der Waals surface area contributed by atoms with E-state index in [9.17, 15) is 4.79 Å². The summed E-state index contributed by atoms with van der Waals surface area (Å²) >= 11 is 0. The molecule has 0 aliphatic carbocycles. The first-order valence-corrected chi connectivity index (χ1v) is 3.79. The first kappa shape index (κ1) is 10.9. The lowest BCUT2D eigenvalue weighted by molar-refractivity contribution is 0.204. The number of primary amides is 1. The summed E-state index contributed by atoms with van der Waals surface area (Å²) in [5.74, 6) is 0. The number of carbonyl (C=O) groups is 1. The average Bonchev–Trinajstić information content (AvgIpc) is 2.40. The molecule has 0 saturated carbocycles. The zero-order chi connectivity index (χ0) is 9.40. The van der Waals surface area contributed by atoms with Gasteiger partial charge in [0.15, 0.2) is 0 Å². The molecule has 0 spiro atoms. The Kier molecular flexibility index (Phi) is 6.04. The van der Waals surface area contributed by atoms with Gasteiger partial charge in [0.05, 0.1) is 6.67 Å². The predicted molar refractivity (Wildman–Crippen MR) is 48.2 cm³/mol. The predicted octanol–water partition coefficient (Wildman–Crippen LogP) is -0.375. The molecule has 1 saturated heterocycles. The molecule has 0 unspecified atom stereocenters. The van der Waals surface area contributed by atoms with Crippen LogP contribution in [0.25, 0.3) is 0 Å². The minimum Gasteiger partial charge on any atom is -0.351 e. The average molecular weight is 172 g/mol. The molecule has 4 N–H and O–H groups in total. The lowest BCUT2D eigenvalue weighted by atomic mass is 10.7. The van der Waals surface area contributed by atoms with Gasteiger partial charge in [-0.1, -0.05) is 6.08 Å². The van der Waals surface area contributed by atoms with Gasteiger partial charge in [-0.25, -0.2) is 9.80 Å². The van der Waals surface area contributed by atoms with Gasteiger partial charge in [0.25, 0.3) is 0 Å². The summed E-state index contributed by atoms with van der Waals surface area (Å²) in [6.45, 7) is 7.66. The molecule has 1 fully saturated rings. The van der Waals surface area contributed by atoms with E-state index in [1.807, 2.05) is 6.92 Å². The number of hydrogen-bond acceptors (Lipinski definition) is 3. The molecular weight excluding hydrogens is 156 g/mol. The molecule has 1 rings (SSSR count). The Labute approximate surface area is 72.6 Å². The molecule has 1 heterocycles. The Bertz CT molecular complexity index is 142. The van der Waals surface area contributed by atoms with Crippen molar-refractivity contribution in [3.63, 3.8) is 0 Å². The number of nitrogens with zero attached hydrogens (tertiary/aromatic N) is 1. The maximum atomic E-state index is 10.2. The third-order valence-electron chi connectivity index (χ3n) is 1.13. The van der Waals surface area contributed by atoms with Crippen LogP contribution in [0.15, 0.2) is 12.7 Å². The van der Waals surface area contributed by atoms with Gasteiger partial charge in [0.1, 0.15) is 0 Å². The van der Waals surface area contributed by atoms with Crippen LogP contribution in [0.1, 0.15) is 6.92 Å². The molecule has 0 aromatic rings. The molecule has 1 aliphatic heterocycles. The summed E-state index contributed by atoms with van der Waals surface area (Å²) in [6, 6.07) is -0.501. The molecule has 5 nitrogen and oxygen atoms in total. The van der Waals surface area contributed by atoms with Gasteiger partial charge in [-0.15, -0.1) is 6.58 Å². The van der Waals surface area contributed by atoms with E-state index in [-0.39, 0.29) is 0 Å². The second-order valence-corrected chi connectivity index (χ2v) is 2.31. The molecule has 0 atom stereocenters. The SMILES string of the molecule is C=CC.NC(=O)NN1CCNC1. The van der Waals surface area contributed by atoms with Gasteiger partial charge in [-0.05, 0) is 6.92 Å². The van der Waals surface area contributed by atoms with Gasteiger partial charge in [-0.3, -0.25) is 5.43 Å². The first-order chi connectivity index (χ1) is 5.70. The van der Waals surface area contributed by atoms with Gasteiger partial charge < -0.3 is 11.1 Å². The Morgan fingerprint density at radius 3 is 2.75 bits per heavy atom. The molecule has 1 aliphatic rings. The molecule has 0 aromatic carbocycles. The Morgan fingerprint density at radius 1 is 1.83 bits per heavy atom. The molecule has 5 heteroatoms. The fraction of sp³-hybridized carbons (Fsp3) is 0.571. The van der Waals surface area contributed by atoms with Gasteiger partial charge in [0, 0.05) is 13.1 Å². The topological polar surface area (TPSA) is 70.4 Å². The molecule has 12 heavy (non-hydrogen) atoms. The van der Waals surface area contributed by atoms with Crippen molar-refractivity contribution in [2.24, 2.45) is 5.73 Å². The van der Waals surface area contributed by atoms with E-state index in [2.05, 4.69) is 17.3 Å². The van der Waals surface area contributed by atoms with Crippen molar-refractivity contribution >= 4 is 6.03 Å². The van der Waals surface area contributed by atoms with E-state index < -0.39 is 6.03 Å². The number of hydrogen-bond donors (Lipinski definition) is 3. The third-order valence-corrected chi connectivity index (χ3v) is 1.13. The van der Waals surface area contributed by atoms with Gasteiger partial charge in [0.2, 0.25) is 0 Å². The fourth-order valence-corrected chi connectivity index (χ4v) is 0.758. The van der Waals surface area contributed by atoms with E-state index in [0.29, 0.717) is 6.67 Å². The van der Waals surface area contributed by atoms with Crippen molar-refractivity contribution in [3.8, 4) is 0 Å². The molecule has 0 bridgehead atoms. The van der Waals surface area contributed by atoms with E-state index in [1.165, 1.54) is 0 Å². The van der Waals surface area contributed by atoms with Crippen LogP contribution in [0, 0.1) is 0 Å². The lowest BCUT2D eigenvalue weighted by Crippen LogP contribution is -2.44. The highest BCUT2D eigenvalue weighted by molar-refractivity contribution is 5.70. The van der Waals surface area contributed by atoms with Crippen LogP contribution in [0.4, 0.5) is 4.79 Å². The molecular formula is C7H16N4O. The first-order valence-electron chi connectivity index (χ1n) is 3.79. The van der Waals surface area contributed by atoms with Crippen LogP contribution < -0.4 is 16.5 Å². The van der Waals surface area contributed by atoms with Crippen molar-refractivity contribution in [2.75, 3.05) is 19.8 Å². The fourth-order valence-electron chi connectivity index (χ4n) is 0.758. The van der Waals surface area contributed by atoms with Crippen molar-refractivity contribution < 1.29 is 4.79 Å². The number of nitrogens with two attached hydrogens (primary N) is 1. The van der Waals surface area contributed by atoms with Crippen molar-refractivity contribution in [1.82, 2.24) is 15.8 Å². The highest BCUT2D eigenvalue weighted by Gasteiger charge is 2.10. The number of hydrazine groups is 1. The second kappa shape index (κ2) is 6.63. The molecule has 0 aromatic heterocycles. The quantitative estimate of drug-likeness (QED) is 0.472.